The van der Waals surface area contributed by atoms with Crippen LogP contribution in [-0.2, 0) is 6.54 Å². The van der Waals surface area contributed by atoms with E-state index in [0.717, 1.165) is 10.0 Å². The Labute approximate surface area is 189 Å². The fourth-order valence-electron chi connectivity index (χ4n) is 3.01. The number of nitrogens with one attached hydrogen (secondary N) is 1. The third-order valence-electron chi connectivity index (χ3n) is 4.55. The lowest BCUT2D eigenvalue weighted by Gasteiger charge is -2.09. The topological polar surface area (TPSA) is 94.2 Å². The molecule has 0 spiro atoms. The zero-order valence-electron chi connectivity index (χ0n) is 16.0. The van der Waals surface area contributed by atoms with Gasteiger partial charge in [0, 0.05) is 33.1 Å². The molecule has 1 amide bonds. The van der Waals surface area contributed by atoms with Crippen molar-refractivity contribution in [2.45, 2.75) is 6.54 Å². The van der Waals surface area contributed by atoms with Crippen LogP contribution in [0.15, 0.2) is 79.1 Å². The minimum absolute atomic E-state index is 0.103. The van der Waals surface area contributed by atoms with Gasteiger partial charge in [-0.05, 0) is 42.5 Å². The molecule has 0 atom stereocenters. The molecule has 2 heterocycles. The second kappa shape index (κ2) is 8.87. The average Bonchev–Trinajstić information content (AvgIpc) is 2.75. The van der Waals surface area contributed by atoms with Crippen LogP contribution < -0.4 is 16.5 Å². The quantitative estimate of drug-likeness (QED) is 0.420. The third-order valence-corrected chi connectivity index (χ3v) is 5.30. The van der Waals surface area contributed by atoms with Crippen molar-refractivity contribution in [1.82, 2.24) is 15.1 Å². The molecule has 0 saturated carbocycles. The fraction of sp³-hybridized carbons (Fsp3) is 0.0909. The van der Waals surface area contributed by atoms with E-state index < -0.39 is 11.5 Å². The zero-order chi connectivity index (χ0) is 22.0. The number of fused-ring (bicyclic) bond motifs is 1. The summed E-state index contributed by atoms with van der Waals surface area (Å²) in [5, 5.41) is 8.19. The molecule has 7 nitrogen and oxygen atoms in total. The molecule has 0 aliphatic rings. The summed E-state index contributed by atoms with van der Waals surface area (Å²) in [5.41, 5.74) is 0.653. The highest BCUT2D eigenvalue weighted by Crippen LogP contribution is 2.20. The van der Waals surface area contributed by atoms with Gasteiger partial charge in [-0.3, -0.25) is 9.59 Å². The lowest BCUT2D eigenvalue weighted by molar-refractivity contribution is 0.0948. The van der Waals surface area contributed by atoms with Crippen LogP contribution >= 0.6 is 27.5 Å². The van der Waals surface area contributed by atoms with Crippen LogP contribution in [0.5, 0.6) is 0 Å². The number of hydrogen-bond acceptors (Lipinski definition) is 5. The number of amides is 1. The summed E-state index contributed by atoms with van der Waals surface area (Å²) in [6, 6.07) is 16.7. The number of halogens is 2. The van der Waals surface area contributed by atoms with Gasteiger partial charge in [0.1, 0.15) is 11.1 Å². The monoisotopic (exact) mass is 499 g/mol. The molecule has 2 aromatic carbocycles. The van der Waals surface area contributed by atoms with Gasteiger partial charge in [-0.2, -0.15) is 5.10 Å². The van der Waals surface area contributed by atoms with Crippen LogP contribution in [0.2, 0.25) is 5.02 Å². The highest BCUT2D eigenvalue weighted by atomic mass is 79.9. The summed E-state index contributed by atoms with van der Waals surface area (Å²) >= 11 is 9.26. The van der Waals surface area contributed by atoms with Crippen LogP contribution in [-0.4, -0.2) is 22.2 Å². The Kier molecular flexibility index (Phi) is 6.01. The molecule has 0 aliphatic carbocycles. The van der Waals surface area contributed by atoms with E-state index in [1.54, 1.807) is 48.5 Å². The summed E-state index contributed by atoms with van der Waals surface area (Å²) in [4.78, 5) is 36.8. The molecular weight excluding hydrogens is 486 g/mol. The molecule has 4 aromatic rings. The van der Waals surface area contributed by atoms with Gasteiger partial charge in [0.2, 0.25) is 0 Å². The summed E-state index contributed by atoms with van der Waals surface area (Å²) in [7, 11) is 0. The first-order valence-corrected chi connectivity index (χ1v) is 10.4. The minimum Gasteiger partial charge on any atom is -0.422 e. The standard InChI is InChI=1S/C22H15BrClN3O4/c23-15-3-7-19-14(11-15)12-17(22(30)31-19)21(29)25-9-10-27-20(28)8-6-18(26-27)13-1-4-16(24)5-2-13/h1-8,11-12H,9-10H2,(H,25,29). The van der Waals surface area contributed by atoms with E-state index in [-0.39, 0.29) is 24.2 Å². The van der Waals surface area contributed by atoms with E-state index in [1.807, 2.05) is 0 Å². The number of carbonyl (C=O) groups excluding carboxylic acids is 1. The number of rotatable bonds is 5. The molecule has 0 saturated heterocycles. The number of hydrogen-bond donors (Lipinski definition) is 1. The Morgan fingerprint density at radius 2 is 1.84 bits per heavy atom. The maximum absolute atomic E-state index is 12.5. The Bertz CT molecular complexity index is 1400. The zero-order valence-corrected chi connectivity index (χ0v) is 18.3. The predicted octanol–water partition coefficient (Wildman–Crippen LogP) is 3.86. The summed E-state index contributed by atoms with van der Waals surface area (Å²) in [6.07, 6.45) is 0. The average molecular weight is 501 g/mol. The van der Waals surface area contributed by atoms with E-state index in [2.05, 4.69) is 26.3 Å². The molecule has 0 bridgehead atoms. The molecule has 1 N–H and O–H groups in total. The molecular formula is C22H15BrClN3O4. The van der Waals surface area contributed by atoms with Gasteiger partial charge in [-0.15, -0.1) is 0 Å². The predicted molar refractivity (Wildman–Crippen MR) is 121 cm³/mol. The second-order valence-electron chi connectivity index (χ2n) is 6.67. The van der Waals surface area contributed by atoms with Crippen molar-refractivity contribution in [3.8, 4) is 11.3 Å². The molecule has 0 fully saturated rings. The number of benzene rings is 2. The van der Waals surface area contributed by atoms with Gasteiger partial charge in [-0.25, -0.2) is 9.48 Å². The number of carbonyl (C=O) groups is 1. The molecule has 9 heteroatoms. The smallest absolute Gasteiger partial charge is 0.349 e. The van der Waals surface area contributed by atoms with Gasteiger partial charge >= 0.3 is 5.63 Å². The van der Waals surface area contributed by atoms with E-state index in [0.29, 0.717) is 21.7 Å². The fourth-order valence-corrected chi connectivity index (χ4v) is 3.51. The highest BCUT2D eigenvalue weighted by molar-refractivity contribution is 9.10. The van der Waals surface area contributed by atoms with Crippen molar-refractivity contribution in [2.75, 3.05) is 6.54 Å². The molecule has 4 rings (SSSR count). The first kappa shape index (κ1) is 21.0. The maximum atomic E-state index is 12.5. The molecule has 0 radical (unpaired) electrons. The largest absolute Gasteiger partial charge is 0.422 e. The van der Waals surface area contributed by atoms with Crippen molar-refractivity contribution in [1.29, 1.82) is 0 Å². The van der Waals surface area contributed by atoms with E-state index >= 15 is 0 Å². The minimum atomic E-state index is -0.729. The molecule has 31 heavy (non-hydrogen) atoms. The summed E-state index contributed by atoms with van der Waals surface area (Å²) in [6.45, 7) is 0.238. The van der Waals surface area contributed by atoms with Crippen LogP contribution in [0.3, 0.4) is 0 Å². The van der Waals surface area contributed by atoms with Crippen molar-refractivity contribution in [3.63, 3.8) is 0 Å². The first-order valence-electron chi connectivity index (χ1n) is 9.26. The van der Waals surface area contributed by atoms with Gasteiger partial charge in [0.25, 0.3) is 11.5 Å². The van der Waals surface area contributed by atoms with Crippen LogP contribution in [0.1, 0.15) is 10.4 Å². The van der Waals surface area contributed by atoms with Crippen LogP contribution in [0.25, 0.3) is 22.2 Å². The van der Waals surface area contributed by atoms with Crippen molar-refractivity contribution in [2.24, 2.45) is 0 Å². The SMILES string of the molecule is O=C(NCCn1nc(-c2ccc(Cl)cc2)ccc1=O)c1cc2cc(Br)ccc2oc1=O. The van der Waals surface area contributed by atoms with E-state index in [4.69, 9.17) is 16.0 Å². The normalized spacial score (nSPS) is 10.9. The molecule has 0 unspecified atom stereocenters. The Morgan fingerprint density at radius 3 is 2.61 bits per heavy atom. The van der Waals surface area contributed by atoms with Gasteiger partial charge in [0.05, 0.1) is 12.2 Å². The van der Waals surface area contributed by atoms with Gasteiger partial charge < -0.3 is 9.73 Å². The van der Waals surface area contributed by atoms with Crippen molar-refractivity contribution >= 4 is 44.4 Å². The third kappa shape index (κ3) is 4.76. The Morgan fingerprint density at radius 1 is 1.06 bits per heavy atom. The van der Waals surface area contributed by atoms with Crippen LogP contribution in [0.4, 0.5) is 0 Å². The van der Waals surface area contributed by atoms with Crippen LogP contribution in [0, 0.1) is 0 Å². The lowest BCUT2D eigenvalue weighted by atomic mass is 10.1. The molecule has 156 valence electrons. The highest BCUT2D eigenvalue weighted by Gasteiger charge is 2.14. The van der Waals surface area contributed by atoms with Gasteiger partial charge in [-0.1, -0.05) is 39.7 Å². The number of aromatic nitrogens is 2. The van der Waals surface area contributed by atoms with E-state index in [1.165, 1.54) is 16.8 Å². The molecule has 2 aromatic heterocycles. The Balaban J connectivity index is 1.48. The first-order chi connectivity index (χ1) is 14.9. The molecule has 0 aliphatic heterocycles. The Hall–Kier alpha value is -3.23. The maximum Gasteiger partial charge on any atom is 0.349 e. The van der Waals surface area contributed by atoms with Gasteiger partial charge in [0.15, 0.2) is 0 Å². The second-order valence-corrected chi connectivity index (χ2v) is 8.02. The van der Waals surface area contributed by atoms with E-state index in [9.17, 15) is 14.4 Å². The van der Waals surface area contributed by atoms with Crippen molar-refractivity contribution in [3.05, 3.63) is 96.5 Å². The summed E-state index contributed by atoms with van der Waals surface area (Å²) in [5.74, 6) is -0.586. The lowest BCUT2D eigenvalue weighted by Crippen LogP contribution is -2.33. The van der Waals surface area contributed by atoms with Crippen molar-refractivity contribution < 1.29 is 9.21 Å². The summed E-state index contributed by atoms with van der Waals surface area (Å²) < 4.78 is 7.26. The number of nitrogens with zero attached hydrogens (tertiary/aromatic N) is 2.